The summed E-state index contributed by atoms with van der Waals surface area (Å²) in [4.78, 5) is 26.6. The second-order valence-corrected chi connectivity index (χ2v) is 6.09. The van der Waals surface area contributed by atoms with Gasteiger partial charge in [-0.15, -0.1) is 0 Å². The number of nitro groups is 1. The van der Waals surface area contributed by atoms with Gasteiger partial charge in [0.1, 0.15) is 18.4 Å². The standard InChI is InChI=1S/C16H18N6O3/c1-11(2)16(3,9-17)19-14(23)8-21-10-18-15(20-21)12-5-4-6-13(7-12)22(24)25/h4-7,10-11H,8H2,1-3H3,(H,19,23). The predicted octanol–water partition coefficient (Wildman–Crippen LogP) is 1.91. The quantitative estimate of drug-likeness (QED) is 0.631. The Morgan fingerprint density at radius 1 is 1.52 bits per heavy atom. The Morgan fingerprint density at radius 3 is 2.84 bits per heavy atom. The van der Waals surface area contributed by atoms with Crippen LogP contribution in [0.25, 0.3) is 11.4 Å². The Labute approximate surface area is 144 Å². The topological polar surface area (TPSA) is 127 Å². The van der Waals surface area contributed by atoms with Gasteiger partial charge < -0.3 is 5.32 Å². The highest BCUT2D eigenvalue weighted by Crippen LogP contribution is 2.20. The van der Waals surface area contributed by atoms with Crippen molar-refractivity contribution in [3.05, 3.63) is 40.7 Å². The highest BCUT2D eigenvalue weighted by atomic mass is 16.6. The molecule has 0 saturated carbocycles. The van der Waals surface area contributed by atoms with Gasteiger partial charge in [-0.3, -0.25) is 14.9 Å². The molecule has 0 aliphatic heterocycles. The molecule has 1 atom stereocenters. The summed E-state index contributed by atoms with van der Waals surface area (Å²) in [5.41, 5.74) is -0.550. The maximum Gasteiger partial charge on any atom is 0.270 e. The number of nitrogens with one attached hydrogen (secondary N) is 1. The zero-order valence-corrected chi connectivity index (χ0v) is 14.1. The Balaban J connectivity index is 2.12. The first-order valence-electron chi connectivity index (χ1n) is 7.61. The molecular formula is C16H18N6O3. The normalized spacial score (nSPS) is 13.1. The summed E-state index contributed by atoms with van der Waals surface area (Å²) in [6.45, 7) is 5.25. The van der Waals surface area contributed by atoms with Crippen LogP contribution >= 0.6 is 0 Å². The van der Waals surface area contributed by atoms with E-state index in [0.29, 0.717) is 5.56 Å². The number of nitriles is 1. The molecule has 9 nitrogen and oxygen atoms in total. The van der Waals surface area contributed by atoms with E-state index < -0.39 is 10.5 Å². The highest BCUT2D eigenvalue weighted by molar-refractivity contribution is 5.77. The van der Waals surface area contributed by atoms with Crippen molar-refractivity contribution >= 4 is 11.6 Å². The first-order chi connectivity index (χ1) is 11.7. The molecule has 9 heteroatoms. The van der Waals surface area contributed by atoms with E-state index in [1.807, 2.05) is 13.8 Å². The summed E-state index contributed by atoms with van der Waals surface area (Å²) < 4.78 is 1.32. The molecule has 25 heavy (non-hydrogen) atoms. The first-order valence-corrected chi connectivity index (χ1v) is 7.61. The molecule has 1 N–H and O–H groups in total. The fourth-order valence-electron chi connectivity index (χ4n) is 2.04. The smallest absolute Gasteiger partial charge is 0.270 e. The molecule has 1 aromatic carbocycles. The van der Waals surface area contributed by atoms with Crippen LogP contribution in [0.5, 0.6) is 0 Å². The van der Waals surface area contributed by atoms with Crippen molar-refractivity contribution in [1.82, 2.24) is 20.1 Å². The molecule has 1 heterocycles. The van der Waals surface area contributed by atoms with E-state index >= 15 is 0 Å². The molecule has 1 unspecified atom stereocenters. The summed E-state index contributed by atoms with van der Waals surface area (Å²) in [7, 11) is 0. The van der Waals surface area contributed by atoms with E-state index in [4.69, 9.17) is 0 Å². The number of amides is 1. The maximum atomic E-state index is 12.1. The lowest BCUT2D eigenvalue weighted by molar-refractivity contribution is -0.384. The SMILES string of the molecule is CC(C)C(C)(C#N)NC(=O)Cn1cnc(-c2cccc([N+](=O)[O-])c2)n1. The van der Waals surface area contributed by atoms with Crippen molar-refractivity contribution in [2.75, 3.05) is 0 Å². The summed E-state index contributed by atoms with van der Waals surface area (Å²) in [6.07, 6.45) is 1.37. The van der Waals surface area contributed by atoms with Gasteiger partial charge in [-0.25, -0.2) is 9.67 Å². The molecule has 0 spiro atoms. The summed E-state index contributed by atoms with van der Waals surface area (Å²) in [5, 5.41) is 26.9. The fourth-order valence-corrected chi connectivity index (χ4v) is 2.04. The minimum absolute atomic E-state index is 0.0578. The van der Waals surface area contributed by atoms with Gasteiger partial charge >= 0.3 is 0 Å². The molecule has 1 aromatic heterocycles. The van der Waals surface area contributed by atoms with Crippen LogP contribution in [-0.4, -0.2) is 31.1 Å². The fraction of sp³-hybridized carbons (Fsp3) is 0.375. The van der Waals surface area contributed by atoms with Crippen molar-refractivity contribution in [2.24, 2.45) is 5.92 Å². The Kier molecular flexibility index (Phi) is 5.12. The molecule has 2 rings (SSSR count). The number of rotatable bonds is 6. The van der Waals surface area contributed by atoms with Crippen molar-refractivity contribution < 1.29 is 9.72 Å². The number of benzene rings is 1. The maximum absolute atomic E-state index is 12.1. The van der Waals surface area contributed by atoms with Gasteiger partial charge in [0.25, 0.3) is 5.69 Å². The third-order valence-electron chi connectivity index (χ3n) is 3.94. The largest absolute Gasteiger partial charge is 0.336 e. The Bertz CT molecular complexity index is 838. The molecule has 0 fully saturated rings. The number of hydrogen-bond acceptors (Lipinski definition) is 6. The average molecular weight is 342 g/mol. The van der Waals surface area contributed by atoms with Crippen molar-refractivity contribution in [1.29, 1.82) is 5.26 Å². The third-order valence-corrected chi connectivity index (χ3v) is 3.94. The number of hydrogen-bond donors (Lipinski definition) is 1. The number of carbonyl (C=O) groups excluding carboxylic acids is 1. The summed E-state index contributed by atoms with van der Waals surface area (Å²) in [5.74, 6) is -0.144. The van der Waals surface area contributed by atoms with Gasteiger partial charge in [-0.1, -0.05) is 26.0 Å². The molecule has 2 aromatic rings. The molecule has 0 saturated heterocycles. The van der Waals surface area contributed by atoms with Crippen molar-refractivity contribution in [3.63, 3.8) is 0 Å². The van der Waals surface area contributed by atoms with Gasteiger partial charge in [0, 0.05) is 17.7 Å². The third kappa shape index (κ3) is 4.17. The summed E-state index contributed by atoms with van der Waals surface area (Å²) >= 11 is 0. The lowest BCUT2D eigenvalue weighted by Gasteiger charge is -2.27. The van der Waals surface area contributed by atoms with E-state index in [-0.39, 0.29) is 29.9 Å². The number of carbonyl (C=O) groups is 1. The lowest BCUT2D eigenvalue weighted by atomic mass is 9.90. The molecule has 130 valence electrons. The molecule has 0 aliphatic rings. The zero-order valence-electron chi connectivity index (χ0n) is 14.1. The van der Waals surface area contributed by atoms with Crippen molar-refractivity contribution in [3.8, 4) is 17.5 Å². The minimum atomic E-state index is -0.972. The first kappa shape index (κ1) is 18.1. The highest BCUT2D eigenvalue weighted by Gasteiger charge is 2.30. The molecule has 0 aliphatic carbocycles. The Hall–Kier alpha value is -3.28. The lowest BCUT2D eigenvalue weighted by Crippen LogP contribution is -2.49. The average Bonchev–Trinajstić information content (AvgIpc) is 3.02. The van der Waals surface area contributed by atoms with Crippen LogP contribution in [0, 0.1) is 27.4 Å². The van der Waals surface area contributed by atoms with Gasteiger partial charge in [-0.2, -0.15) is 10.4 Å². The van der Waals surface area contributed by atoms with E-state index in [9.17, 15) is 20.2 Å². The molecule has 0 bridgehead atoms. The summed E-state index contributed by atoms with van der Waals surface area (Å²) in [6, 6.07) is 8.04. The molecule has 1 amide bonds. The van der Waals surface area contributed by atoms with Crippen molar-refractivity contribution in [2.45, 2.75) is 32.9 Å². The number of aromatic nitrogens is 3. The van der Waals surface area contributed by atoms with E-state index in [2.05, 4.69) is 21.5 Å². The van der Waals surface area contributed by atoms with Gasteiger partial charge in [-0.05, 0) is 12.8 Å². The number of nitro benzene ring substituents is 1. The van der Waals surface area contributed by atoms with E-state index in [0.717, 1.165) is 0 Å². The second kappa shape index (κ2) is 7.09. The van der Waals surface area contributed by atoms with Crippen LogP contribution in [0.4, 0.5) is 5.69 Å². The van der Waals surface area contributed by atoms with Crippen LogP contribution in [0.2, 0.25) is 0 Å². The van der Waals surface area contributed by atoms with E-state index in [1.54, 1.807) is 19.1 Å². The molecular weight excluding hydrogens is 324 g/mol. The number of non-ortho nitro benzene ring substituents is 1. The van der Waals surface area contributed by atoms with Crippen LogP contribution in [0.3, 0.4) is 0 Å². The second-order valence-electron chi connectivity index (χ2n) is 6.09. The number of nitrogens with zero attached hydrogens (tertiary/aromatic N) is 5. The van der Waals surface area contributed by atoms with Gasteiger partial charge in [0.2, 0.25) is 5.91 Å². The monoisotopic (exact) mass is 342 g/mol. The zero-order chi connectivity index (χ0) is 18.6. The van der Waals surface area contributed by atoms with E-state index in [1.165, 1.54) is 23.1 Å². The van der Waals surface area contributed by atoms with Crippen LogP contribution < -0.4 is 5.32 Å². The van der Waals surface area contributed by atoms with Crippen LogP contribution in [0.1, 0.15) is 20.8 Å². The van der Waals surface area contributed by atoms with Gasteiger partial charge in [0.05, 0.1) is 11.0 Å². The van der Waals surface area contributed by atoms with Gasteiger partial charge in [0.15, 0.2) is 5.82 Å². The minimum Gasteiger partial charge on any atom is -0.336 e. The van der Waals surface area contributed by atoms with Crippen LogP contribution in [0.15, 0.2) is 30.6 Å². The van der Waals surface area contributed by atoms with Crippen LogP contribution in [-0.2, 0) is 11.3 Å². The molecule has 0 radical (unpaired) electrons. The Morgan fingerprint density at radius 2 is 2.24 bits per heavy atom. The predicted molar refractivity (Wildman–Crippen MR) is 89.1 cm³/mol.